The van der Waals surface area contributed by atoms with E-state index in [1.165, 1.54) is 47.3 Å². The Morgan fingerprint density at radius 3 is 2.62 bits per heavy atom. The van der Waals surface area contributed by atoms with Crippen LogP contribution in [0.1, 0.15) is 41.5 Å². The van der Waals surface area contributed by atoms with Gasteiger partial charge in [-0.05, 0) is 80.5 Å². The van der Waals surface area contributed by atoms with Crippen LogP contribution in [0.15, 0.2) is 36.4 Å². The minimum Gasteiger partial charge on any atom is -0.369 e. The molecule has 2 aromatic carbocycles. The third-order valence-electron chi connectivity index (χ3n) is 6.54. The molecule has 1 saturated heterocycles. The van der Waals surface area contributed by atoms with Gasteiger partial charge in [-0.1, -0.05) is 24.3 Å². The van der Waals surface area contributed by atoms with Crippen LogP contribution < -0.4 is 10.2 Å². The summed E-state index contributed by atoms with van der Waals surface area (Å²) in [7, 11) is 0. The third kappa shape index (κ3) is 4.81. The van der Waals surface area contributed by atoms with Gasteiger partial charge in [0.05, 0.1) is 0 Å². The summed E-state index contributed by atoms with van der Waals surface area (Å²) in [5.74, 6) is 0.142. The molecule has 0 aliphatic carbocycles. The van der Waals surface area contributed by atoms with E-state index in [2.05, 4.69) is 65.4 Å². The van der Waals surface area contributed by atoms with Crippen LogP contribution in [0.3, 0.4) is 0 Å². The highest BCUT2D eigenvalue weighted by atomic mass is 16.1. The van der Waals surface area contributed by atoms with Crippen LogP contribution in [0.25, 0.3) is 0 Å². The number of piperazine rings is 1. The first-order valence-corrected chi connectivity index (χ1v) is 11.1. The first-order chi connectivity index (χ1) is 14.1. The van der Waals surface area contributed by atoms with Gasteiger partial charge < -0.3 is 10.2 Å². The van der Waals surface area contributed by atoms with E-state index < -0.39 is 0 Å². The number of carbonyl (C=O) groups excluding carboxylic acids is 1. The second-order valence-electron chi connectivity index (χ2n) is 8.54. The number of anilines is 2. The van der Waals surface area contributed by atoms with Gasteiger partial charge in [0.15, 0.2) is 0 Å². The van der Waals surface area contributed by atoms with E-state index in [1.54, 1.807) is 0 Å². The zero-order valence-corrected chi connectivity index (χ0v) is 17.8. The zero-order chi connectivity index (χ0) is 20.2. The molecule has 0 spiro atoms. The molecule has 0 unspecified atom stereocenters. The Morgan fingerprint density at radius 2 is 1.79 bits per heavy atom. The van der Waals surface area contributed by atoms with Crippen molar-refractivity contribution in [2.75, 3.05) is 42.9 Å². The molecule has 29 heavy (non-hydrogen) atoms. The van der Waals surface area contributed by atoms with E-state index >= 15 is 0 Å². The molecule has 2 aromatic rings. The number of fused-ring (bicyclic) bond motifs is 1. The minimum atomic E-state index is 0.142. The van der Waals surface area contributed by atoms with Crippen LogP contribution in [0.4, 0.5) is 11.4 Å². The molecule has 1 N–H and O–H groups in total. The Kier molecular flexibility index (Phi) is 6.19. The number of nitrogens with zero attached hydrogens (tertiary/aromatic N) is 2. The first kappa shape index (κ1) is 20.0. The molecule has 2 aliphatic heterocycles. The van der Waals surface area contributed by atoms with Crippen molar-refractivity contribution >= 4 is 17.3 Å². The molecule has 2 aliphatic rings. The normalized spacial score (nSPS) is 17.2. The topological polar surface area (TPSA) is 35.6 Å². The molecule has 4 heteroatoms. The van der Waals surface area contributed by atoms with Gasteiger partial charge in [-0.15, -0.1) is 0 Å². The van der Waals surface area contributed by atoms with Gasteiger partial charge in [-0.25, -0.2) is 0 Å². The number of rotatable bonds is 6. The number of nitrogens with one attached hydrogen (secondary N) is 1. The monoisotopic (exact) mass is 391 g/mol. The quantitative estimate of drug-likeness (QED) is 0.745. The first-order valence-electron chi connectivity index (χ1n) is 11.1. The van der Waals surface area contributed by atoms with Crippen molar-refractivity contribution in [3.8, 4) is 0 Å². The highest BCUT2D eigenvalue weighted by Crippen LogP contribution is 2.25. The van der Waals surface area contributed by atoms with Crippen molar-refractivity contribution in [1.82, 2.24) is 4.90 Å². The van der Waals surface area contributed by atoms with Crippen molar-refractivity contribution in [1.29, 1.82) is 0 Å². The molecule has 0 saturated carbocycles. The van der Waals surface area contributed by atoms with E-state index in [0.29, 0.717) is 6.42 Å². The molecular formula is C25H33N3O. The maximum atomic E-state index is 11.5. The summed E-state index contributed by atoms with van der Waals surface area (Å²) in [6.45, 7) is 10.2. The number of hydrogen-bond donors (Lipinski definition) is 1. The summed E-state index contributed by atoms with van der Waals surface area (Å²) in [6, 6.07) is 13.2. The summed E-state index contributed by atoms with van der Waals surface area (Å²) < 4.78 is 0. The SMILES string of the molecule is Cc1cccc(N2CCN(CCCCc3ccc4c(c3)CCC(=O)N4)CC2)c1C. The Hall–Kier alpha value is -2.33. The van der Waals surface area contributed by atoms with Gasteiger partial charge in [0.25, 0.3) is 0 Å². The van der Waals surface area contributed by atoms with Gasteiger partial charge in [0, 0.05) is 44.0 Å². The predicted octanol–water partition coefficient (Wildman–Crippen LogP) is 4.33. The van der Waals surface area contributed by atoms with Crippen molar-refractivity contribution in [3.63, 3.8) is 0 Å². The van der Waals surface area contributed by atoms with Gasteiger partial charge in [0.2, 0.25) is 5.91 Å². The average molecular weight is 392 g/mol. The van der Waals surface area contributed by atoms with Crippen LogP contribution in [-0.4, -0.2) is 43.5 Å². The number of unbranched alkanes of at least 4 members (excludes halogenated alkanes) is 1. The smallest absolute Gasteiger partial charge is 0.224 e. The lowest BCUT2D eigenvalue weighted by Crippen LogP contribution is -2.46. The van der Waals surface area contributed by atoms with Crippen LogP contribution in [0, 0.1) is 13.8 Å². The van der Waals surface area contributed by atoms with Crippen LogP contribution in [0.5, 0.6) is 0 Å². The van der Waals surface area contributed by atoms with Crippen molar-refractivity contribution in [3.05, 3.63) is 58.7 Å². The molecule has 1 fully saturated rings. The van der Waals surface area contributed by atoms with Gasteiger partial charge in [-0.3, -0.25) is 9.69 Å². The zero-order valence-electron chi connectivity index (χ0n) is 17.8. The molecule has 4 rings (SSSR count). The molecule has 0 radical (unpaired) electrons. The van der Waals surface area contributed by atoms with E-state index in [4.69, 9.17) is 0 Å². The number of amides is 1. The van der Waals surface area contributed by atoms with Gasteiger partial charge >= 0.3 is 0 Å². The van der Waals surface area contributed by atoms with Crippen LogP contribution in [-0.2, 0) is 17.6 Å². The molecule has 0 aromatic heterocycles. The fourth-order valence-electron chi connectivity index (χ4n) is 4.55. The van der Waals surface area contributed by atoms with Gasteiger partial charge in [-0.2, -0.15) is 0 Å². The predicted molar refractivity (Wildman–Crippen MR) is 121 cm³/mol. The summed E-state index contributed by atoms with van der Waals surface area (Å²) in [5.41, 5.74) is 7.92. The lowest BCUT2D eigenvalue weighted by atomic mass is 9.98. The fraction of sp³-hybridized carbons (Fsp3) is 0.480. The summed E-state index contributed by atoms with van der Waals surface area (Å²) in [6.07, 6.45) is 5.09. The highest BCUT2D eigenvalue weighted by molar-refractivity contribution is 5.93. The van der Waals surface area contributed by atoms with Crippen molar-refractivity contribution in [2.24, 2.45) is 0 Å². The van der Waals surface area contributed by atoms with Crippen molar-refractivity contribution < 1.29 is 4.79 Å². The Bertz CT molecular complexity index is 868. The third-order valence-corrected chi connectivity index (χ3v) is 6.54. The molecule has 4 nitrogen and oxygen atoms in total. The minimum absolute atomic E-state index is 0.142. The number of carbonyl (C=O) groups is 1. The molecular weight excluding hydrogens is 358 g/mol. The molecule has 154 valence electrons. The maximum Gasteiger partial charge on any atom is 0.224 e. The highest BCUT2D eigenvalue weighted by Gasteiger charge is 2.18. The van der Waals surface area contributed by atoms with Gasteiger partial charge in [0.1, 0.15) is 0 Å². The van der Waals surface area contributed by atoms with E-state index in [0.717, 1.165) is 44.7 Å². The van der Waals surface area contributed by atoms with Crippen molar-refractivity contribution in [2.45, 2.75) is 46.0 Å². The summed E-state index contributed by atoms with van der Waals surface area (Å²) in [4.78, 5) is 16.6. The van der Waals surface area contributed by atoms with E-state index in [1.807, 2.05) is 0 Å². The number of hydrogen-bond acceptors (Lipinski definition) is 3. The maximum absolute atomic E-state index is 11.5. The average Bonchev–Trinajstić information content (AvgIpc) is 2.74. The molecule has 0 atom stereocenters. The lowest BCUT2D eigenvalue weighted by Gasteiger charge is -2.37. The second-order valence-corrected chi connectivity index (χ2v) is 8.54. The Labute approximate surface area is 174 Å². The standard InChI is InChI=1S/C25H33N3O/c1-19-6-5-8-24(20(19)2)28-16-14-27(15-17-28)13-4-3-7-21-9-11-23-22(18-21)10-12-25(29)26-23/h5-6,8-9,11,18H,3-4,7,10,12-17H2,1-2H3,(H,26,29). The van der Waals surface area contributed by atoms with Crippen LogP contribution in [0.2, 0.25) is 0 Å². The Balaban J connectivity index is 1.20. The molecule has 0 bridgehead atoms. The second kappa shape index (κ2) is 9.00. The van der Waals surface area contributed by atoms with E-state index in [-0.39, 0.29) is 5.91 Å². The van der Waals surface area contributed by atoms with E-state index in [9.17, 15) is 4.79 Å². The Morgan fingerprint density at radius 1 is 0.966 bits per heavy atom. The molecule has 2 heterocycles. The van der Waals surface area contributed by atoms with Crippen LogP contribution >= 0.6 is 0 Å². The number of benzene rings is 2. The summed E-state index contributed by atoms with van der Waals surface area (Å²) in [5, 5.41) is 2.97. The largest absolute Gasteiger partial charge is 0.369 e. The molecule has 1 amide bonds. The number of aryl methyl sites for hydroxylation is 3. The summed E-state index contributed by atoms with van der Waals surface area (Å²) >= 11 is 0. The fourth-order valence-corrected chi connectivity index (χ4v) is 4.55. The lowest BCUT2D eigenvalue weighted by molar-refractivity contribution is -0.116.